The molecule has 1 aliphatic carbocycles. The SMILES string of the molecule is CC(C)C(CCC(=O)O)C(=O)NC1CCCCC1. The molecule has 0 aromatic rings. The molecule has 1 atom stereocenters. The Balaban J connectivity index is 2.45. The van der Waals surface area contributed by atoms with Crippen molar-refractivity contribution in [2.75, 3.05) is 0 Å². The molecular weight excluding hydrogens is 230 g/mol. The lowest BCUT2D eigenvalue weighted by atomic mass is 9.89. The molecule has 1 rings (SSSR count). The van der Waals surface area contributed by atoms with Gasteiger partial charge in [0.2, 0.25) is 5.91 Å². The number of rotatable bonds is 6. The summed E-state index contributed by atoms with van der Waals surface area (Å²) in [6.07, 6.45) is 6.27. The monoisotopic (exact) mass is 255 g/mol. The Morgan fingerprint density at radius 2 is 1.83 bits per heavy atom. The topological polar surface area (TPSA) is 66.4 Å². The smallest absolute Gasteiger partial charge is 0.303 e. The molecule has 0 spiro atoms. The third-order valence-corrected chi connectivity index (χ3v) is 3.76. The number of aliphatic carboxylic acids is 1. The molecule has 2 N–H and O–H groups in total. The molecule has 0 bridgehead atoms. The molecule has 0 saturated heterocycles. The summed E-state index contributed by atoms with van der Waals surface area (Å²) in [5.41, 5.74) is 0. The van der Waals surface area contributed by atoms with Crippen LogP contribution in [0.3, 0.4) is 0 Å². The molecule has 0 aromatic heterocycles. The zero-order chi connectivity index (χ0) is 13.5. The van der Waals surface area contributed by atoms with Gasteiger partial charge in [0.25, 0.3) is 0 Å². The van der Waals surface area contributed by atoms with Crippen molar-refractivity contribution >= 4 is 11.9 Å². The van der Waals surface area contributed by atoms with Crippen LogP contribution < -0.4 is 5.32 Å². The molecule has 1 unspecified atom stereocenters. The van der Waals surface area contributed by atoms with Gasteiger partial charge in [0.1, 0.15) is 0 Å². The normalized spacial score (nSPS) is 18.6. The van der Waals surface area contributed by atoms with Gasteiger partial charge in [0, 0.05) is 18.4 Å². The van der Waals surface area contributed by atoms with E-state index in [0.29, 0.717) is 12.5 Å². The van der Waals surface area contributed by atoms with Gasteiger partial charge in [-0.2, -0.15) is 0 Å². The van der Waals surface area contributed by atoms with Gasteiger partial charge in [-0.25, -0.2) is 0 Å². The van der Waals surface area contributed by atoms with Crippen LogP contribution in [0.25, 0.3) is 0 Å². The van der Waals surface area contributed by atoms with Crippen LogP contribution in [-0.4, -0.2) is 23.0 Å². The van der Waals surface area contributed by atoms with Crippen LogP contribution in [0, 0.1) is 11.8 Å². The van der Waals surface area contributed by atoms with E-state index in [9.17, 15) is 9.59 Å². The van der Waals surface area contributed by atoms with Crippen molar-refractivity contribution in [2.45, 2.75) is 64.8 Å². The van der Waals surface area contributed by atoms with Gasteiger partial charge in [-0.05, 0) is 25.2 Å². The quantitative estimate of drug-likeness (QED) is 0.766. The summed E-state index contributed by atoms with van der Waals surface area (Å²) in [6.45, 7) is 3.96. The highest BCUT2D eigenvalue weighted by molar-refractivity contribution is 5.79. The van der Waals surface area contributed by atoms with E-state index in [0.717, 1.165) is 12.8 Å². The van der Waals surface area contributed by atoms with E-state index < -0.39 is 5.97 Å². The van der Waals surface area contributed by atoms with E-state index in [1.807, 2.05) is 13.8 Å². The molecular formula is C14H25NO3. The molecule has 1 saturated carbocycles. The summed E-state index contributed by atoms with van der Waals surface area (Å²) < 4.78 is 0. The lowest BCUT2D eigenvalue weighted by Crippen LogP contribution is -2.41. The first-order chi connectivity index (χ1) is 8.50. The maximum atomic E-state index is 12.2. The Labute approximate surface area is 109 Å². The lowest BCUT2D eigenvalue weighted by molar-refractivity contribution is -0.137. The maximum absolute atomic E-state index is 12.2. The zero-order valence-corrected chi connectivity index (χ0v) is 11.4. The van der Waals surface area contributed by atoms with Gasteiger partial charge in [0.15, 0.2) is 0 Å². The first-order valence-electron chi connectivity index (χ1n) is 7.03. The highest BCUT2D eigenvalue weighted by atomic mass is 16.4. The van der Waals surface area contributed by atoms with Crippen molar-refractivity contribution in [3.63, 3.8) is 0 Å². The fourth-order valence-corrected chi connectivity index (χ4v) is 2.60. The average Bonchev–Trinajstić information content (AvgIpc) is 2.29. The summed E-state index contributed by atoms with van der Waals surface area (Å²) >= 11 is 0. The Hall–Kier alpha value is -1.06. The Bertz CT molecular complexity index is 283. The fraction of sp³-hybridized carbons (Fsp3) is 0.857. The first kappa shape index (κ1) is 15.0. The van der Waals surface area contributed by atoms with Crippen LogP contribution in [0.15, 0.2) is 0 Å². The van der Waals surface area contributed by atoms with Gasteiger partial charge in [-0.3, -0.25) is 9.59 Å². The van der Waals surface area contributed by atoms with Crippen molar-refractivity contribution in [3.8, 4) is 0 Å². The van der Waals surface area contributed by atoms with Gasteiger partial charge in [0.05, 0.1) is 0 Å². The van der Waals surface area contributed by atoms with Crippen molar-refractivity contribution in [1.29, 1.82) is 0 Å². The minimum absolute atomic E-state index is 0.0400. The van der Waals surface area contributed by atoms with Crippen LogP contribution >= 0.6 is 0 Å². The number of carboxylic acids is 1. The summed E-state index contributed by atoms with van der Waals surface area (Å²) in [7, 11) is 0. The van der Waals surface area contributed by atoms with Crippen molar-refractivity contribution in [2.24, 2.45) is 11.8 Å². The third-order valence-electron chi connectivity index (χ3n) is 3.76. The number of amides is 1. The van der Waals surface area contributed by atoms with Crippen LogP contribution in [0.2, 0.25) is 0 Å². The van der Waals surface area contributed by atoms with Gasteiger partial charge in [-0.15, -0.1) is 0 Å². The zero-order valence-electron chi connectivity index (χ0n) is 11.4. The second kappa shape index (κ2) is 7.39. The molecule has 1 amide bonds. The highest BCUT2D eigenvalue weighted by Gasteiger charge is 2.25. The second-order valence-corrected chi connectivity index (χ2v) is 5.63. The van der Waals surface area contributed by atoms with E-state index in [1.54, 1.807) is 0 Å². The standard InChI is InChI=1S/C14H25NO3/c1-10(2)12(8-9-13(16)17)14(18)15-11-6-4-3-5-7-11/h10-12H,3-9H2,1-2H3,(H,15,18)(H,16,17). The molecule has 0 radical (unpaired) electrons. The minimum atomic E-state index is -0.828. The Morgan fingerprint density at radius 1 is 1.22 bits per heavy atom. The average molecular weight is 255 g/mol. The minimum Gasteiger partial charge on any atom is -0.481 e. The van der Waals surface area contributed by atoms with Gasteiger partial charge in [-0.1, -0.05) is 33.1 Å². The van der Waals surface area contributed by atoms with E-state index in [1.165, 1.54) is 19.3 Å². The molecule has 4 heteroatoms. The molecule has 18 heavy (non-hydrogen) atoms. The molecule has 1 fully saturated rings. The van der Waals surface area contributed by atoms with E-state index >= 15 is 0 Å². The van der Waals surface area contributed by atoms with Gasteiger partial charge < -0.3 is 10.4 Å². The number of carbonyl (C=O) groups excluding carboxylic acids is 1. The number of hydrogen-bond donors (Lipinski definition) is 2. The molecule has 1 aliphatic rings. The predicted octanol–water partition coefficient (Wildman–Crippen LogP) is 2.57. The van der Waals surface area contributed by atoms with Crippen molar-refractivity contribution < 1.29 is 14.7 Å². The highest BCUT2D eigenvalue weighted by Crippen LogP contribution is 2.21. The second-order valence-electron chi connectivity index (χ2n) is 5.63. The summed E-state index contributed by atoms with van der Waals surface area (Å²) in [6, 6.07) is 0.303. The third kappa shape index (κ3) is 5.07. The number of nitrogens with one attached hydrogen (secondary N) is 1. The number of carboxylic acid groups (broad SMARTS) is 1. The number of hydrogen-bond acceptors (Lipinski definition) is 2. The van der Waals surface area contributed by atoms with Crippen molar-refractivity contribution in [3.05, 3.63) is 0 Å². The van der Waals surface area contributed by atoms with Crippen LogP contribution in [0.5, 0.6) is 0 Å². The van der Waals surface area contributed by atoms with Crippen LogP contribution in [-0.2, 0) is 9.59 Å². The molecule has 104 valence electrons. The largest absolute Gasteiger partial charge is 0.481 e. The Kier molecular flexibility index (Phi) is 6.16. The van der Waals surface area contributed by atoms with Crippen LogP contribution in [0.1, 0.15) is 58.8 Å². The van der Waals surface area contributed by atoms with E-state index in [2.05, 4.69) is 5.32 Å². The van der Waals surface area contributed by atoms with Crippen LogP contribution in [0.4, 0.5) is 0 Å². The van der Waals surface area contributed by atoms with Crippen molar-refractivity contribution in [1.82, 2.24) is 5.32 Å². The van der Waals surface area contributed by atoms with E-state index in [-0.39, 0.29) is 24.2 Å². The first-order valence-corrected chi connectivity index (χ1v) is 7.03. The number of carbonyl (C=O) groups is 2. The summed E-state index contributed by atoms with van der Waals surface area (Å²) in [5, 5.41) is 11.8. The Morgan fingerprint density at radius 3 is 2.33 bits per heavy atom. The predicted molar refractivity (Wildman–Crippen MR) is 70.2 cm³/mol. The summed E-state index contributed by atoms with van der Waals surface area (Å²) in [5.74, 6) is -0.778. The maximum Gasteiger partial charge on any atom is 0.303 e. The fourth-order valence-electron chi connectivity index (χ4n) is 2.60. The molecule has 0 aromatic carbocycles. The molecule has 0 heterocycles. The molecule has 0 aliphatic heterocycles. The van der Waals surface area contributed by atoms with Gasteiger partial charge >= 0.3 is 5.97 Å². The summed E-state index contributed by atoms with van der Waals surface area (Å²) in [4.78, 5) is 22.8. The molecule has 4 nitrogen and oxygen atoms in total. The lowest BCUT2D eigenvalue weighted by Gasteiger charge is -2.26. The van der Waals surface area contributed by atoms with E-state index in [4.69, 9.17) is 5.11 Å².